The van der Waals surface area contributed by atoms with Crippen LogP contribution < -0.4 is 0 Å². The highest BCUT2D eigenvalue weighted by molar-refractivity contribution is 14.2. The van der Waals surface area contributed by atoms with Gasteiger partial charge in [0.15, 0.2) is 0 Å². The van der Waals surface area contributed by atoms with Crippen molar-refractivity contribution in [1.29, 1.82) is 0 Å². The molecule has 2 nitrogen and oxygen atoms in total. The van der Waals surface area contributed by atoms with E-state index in [0.717, 1.165) is 0 Å². The van der Waals surface area contributed by atoms with E-state index in [-0.39, 0.29) is 9.57 Å². The van der Waals surface area contributed by atoms with Crippen LogP contribution in [0.4, 0.5) is 0 Å². The minimum atomic E-state index is -0.589. The molecule has 1 aliphatic heterocycles. The van der Waals surface area contributed by atoms with E-state index in [1.807, 2.05) is 0 Å². The van der Waals surface area contributed by atoms with Gasteiger partial charge in [-0.05, 0) is 30.8 Å². The van der Waals surface area contributed by atoms with E-state index in [4.69, 9.17) is 0 Å². The van der Waals surface area contributed by atoms with Gasteiger partial charge in [-0.15, -0.1) is 0 Å². The van der Waals surface area contributed by atoms with Gasteiger partial charge < -0.3 is 0 Å². The van der Waals surface area contributed by atoms with E-state index in [2.05, 4.69) is 0 Å². The number of rotatable bonds is 0. The Morgan fingerprint density at radius 2 is 2.12 bits per heavy atom. The van der Waals surface area contributed by atoms with Gasteiger partial charge in [-0.25, -0.2) is 0 Å². The van der Waals surface area contributed by atoms with Crippen LogP contribution in [0.1, 0.15) is 0 Å². The average molecular weight is 222 g/mol. The minimum Gasteiger partial charge on any atom is -0.285 e. The van der Waals surface area contributed by atoms with Gasteiger partial charge in [0, 0.05) is 0 Å². The fourth-order valence-electron chi connectivity index (χ4n) is 0.337. The van der Waals surface area contributed by atoms with Gasteiger partial charge in [0.05, 0.1) is 0 Å². The molecule has 42 valence electrons. The Morgan fingerprint density at radius 3 is 2.50 bits per heavy atom. The SMILES string of the molecule is O=C1C=CC=IC1=O. The summed E-state index contributed by atoms with van der Waals surface area (Å²) in [6, 6.07) is 0. The molecule has 0 saturated heterocycles. The highest BCUT2D eigenvalue weighted by atomic mass is 127. The van der Waals surface area contributed by atoms with Gasteiger partial charge in [0.1, 0.15) is 0 Å². The minimum absolute atomic E-state index is 0.202. The quantitative estimate of drug-likeness (QED) is 0.338. The molecule has 0 aromatic heterocycles. The molecule has 1 heterocycles. The normalized spacial score (nSPS) is 18.5. The molecule has 0 amide bonds. The Kier molecular flexibility index (Phi) is 1.67. The van der Waals surface area contributed by atoms with Gasteiger partial charge in [0.25, 0.3) is 3.79 Å². The summed E-state index contributed by atoms with van der Waals surface area (Å²) >= 11 is -0.589. The van der Waals surface area contributed by atoms with Gasteiger partial charge in [-0.2, -0.15) is 0 Å². The summed E-state index contributed by atoms with van der Waals surface area (Å²) in [5.41, 5.74) is 0. The Bertz CT molecular complexity index is 169. The van der Waals surface area contributed by atoms with E-state index in [9.17, 15) is 9.59 Å². The van der Waals surface area contributed by atoms with Crippen LogP contribution >= 0.6 is 20.7 Å². The zero-order chi connectivity index (χ0) is 5.98. The maximum Gasteiger partial charge on any atom is 0.256 e. The molecule has 0 aliphatic carbocycles. The molecule has 8 heavy (non-hydrogen) atoms. The topological polar surface area (TPSA) is 34.1 Å². The van der Waals surface area contributed by atoms with Crippen LogP contribution in [0, 0.1) is 0 Å². The summed E-state index contributed by atoms with van der Waals surface area (Å²) < 4.78 is 1.58. The van der Waals surface area contributed by atoms with Gasteiger partial charge in [-0.1, -0.05) is 6.08 Å². The number of allylic oxidation sites excluding steroid dienone is 2. The van der Waals surface area contributed by atoms with Crippen molar-refractivity contribution < 1.29 is 9.59 Å². The van der Waals surface area contributed by atoms with Crippen molar-refractivity contribution in [3.05, 3.63) is 12.2 Å². The molecule has 0 radical (unpaired) electrons. The number of carbonyl (C=O) groups excluding carboxylic acids is 2. The first-order valence-electron chi connectivity index (χ1n) is 2.02. The van der Waals surface area contributed by atoms with Crippen LogP contribution in [-0.2, 0) is 9.59 Å². The standard InChI is InChI=1S/C5H3IO2/c7-4-2-1-3-6-5(4)8/h1-3H. The van der Waals surface area contributed by atoms with Gasteiger partial charge >= 0.3 is 0 Å². The number of hydrogen-bond donors (Lipinski definition) is 0. The maximum atomic E-state index is 10.4. The van der Waals surface area contributed by atoms with Crippen molar-refractivity contribution in [2.75, 3.05) is 0 Å². The predicted octanol–water partition coefficient (Wildman–Crippen LogP) is 0.425. The van der Waals surface area contributed by atoms with Crippen molar-refractivity contribution >= 4 is 34.3 Å². The predicted molar refractivity (Wildman–Crippen MR) is 39.2 cm³/mol. The Hall–Kier alpha value is -0.320. The van der Waals surface area contributed by atoms with E-state index in [1.54, 1.807) is 10.1 Å². The number of hydrogen-bond acceptors (Lipinski definition) is 2. The molecular weight excluding hydrogens is 219 g/mol. The summed E-state index contributed by atoms with van der Waals surface area (Å²) in [5.74, 6) is -0.333. The third-order valence-corrected chi connectivity index (χ3v) is 2.55. The van der Waals surface area contributed by atoms with E-state index in [0.29, 0.717) is 0 Å². The molecule has 3 heteroatoms. The molecule has 0 aromatic rings. The van der Waals surface area contributed by atoms with E-state index < -0.39 is 20.7 Å². The second kappa shape index (κ2) is 2.30. The van der Waals surface area contributed by atoms with Crippen LogP contribution in [0.2, 0.25) is 0 Å². The Balaban J connectivity index is 2.89. The molecule has 0 fully saturated rings. The second-order valence-electron chi connectivity index (χ2n) is 1.23. The highest BCUT2D eigenvalue weighted by Crippen LogP contribution is 2.03. The fraction of sp³-hybridized carbons (Fsp3) is 0. The molecule has 0 saturated carbocycles. The summed E-state index contributed by atoms with van der Waals surface area (Å²) in [4.78, 5) is 20.8. The molecule has 0 spiro atoms. The molecule has 1 rings (SSSR count). The molecule has 0 aromatic carbocycles. The lowest BCUT2D eigenvalue weighted by atomic mass is 10.4. The summed E-state index contributed by atoms with van der Waals surface area (Å²) in [6.45, 7) is 0. The molecular formula is C5H3IO2. The van der Waals surface area contributed by atoms with Crippen molar-refractivity contribution in [3.8, 4) is 0 Å². The van der Waals surface area contributed by atoms with Crippen LogP contribution in [-0.4, -0.2) is 13.6 Å². The monoisotopic (exact) mass is 222 g/mol. The fourth-order valence-corrected chi connectivity index (χ4v) is 1.57. The van der Waals surface area contributed by atoms with E-state index >= 15 is 0 Å². The first-order valence-corrected chi connectivity index (χ1v) is 4.35. The van der Waals surface area contributed by atoms with Crippen molar-refractivity contribution in [2.45, 2.75) is 0 Å². The lowest BCUT2D eigenvalue weighted by Crippen LogP contribution is -2.04. The maximum absolute atomic E-state index is 10.4. The highest BCUT2D eigenvalue weighted by Gasteiger charge is 2.07. The summed E-state index contributed by atoms with van der Waals surface area (Å²) in [7, 11) is 0. The van der Waals surface area contributed by atoms with Crippen LogP contribution in [0.15, 0.2) is 12.2 Å². The molecule has 0 unspecified atom stereocenters. The van der Waals surface area contributed by atoms with Crippen LogP contribution in [0.3, 0.4) is 0 Å². The Labute approximate surface area is 56.3 Å². The first-order chi connectivity index (χ1) is 3.80. The van der Waals surface area contributed by atoms with Crippen molar-refractivity contribution in [2.24, 2.45) is 0 Å². The number of halogens is 1. The van der Waals surface area contributed by atoms with Gasteiger partial charge in [0.2, 0.25) is 5.78 Å². The third kappa shape index (κ3) is 1.09. The second-order valence-corrected chi connectivity index (χ2v) is 3.55. The van der Waals surface area contributed by atoms with E-state index in [1.165, 1.54) is 6.08 Å². The smallest absolute Gasteiger partial charge is 0.256 e. The lowest BCUT2D eigenvalue weighted by molar-refractivity contribution is -0.127. The van der Waals surface area contributed by atoms with Gasteiger partial charge in [-0.3, -0.25) is 9.59 Å². The third-order valence-electron chi connectivity index (χ3n) is 0.676. The molecule has 0 atom stereocenters. The number of ketones is 1. The molecule has 0 bridgehead atoms. The summed E-state index contributed by atoms with van der Waals surface area (Å²) in [6.07, 6.45) is 2.96. The van der Waals surface area contributed by atoms with Crippen molar-refractivity contribution in [1.82, 2.24) is 0 Å². The largest absolute Gasteiger partial charge is 0.285 e. The summed E-state index contributed by atoms with van der Waals surface area (Å²) in [5, 5.41) is 0. The van der Waals surface area contributed by atoms with Crippen molar-refractivity contribution in [3.63, 3.8) is 0 Å². The first kappa shape index (κ1) is 5.81. The number of carbonyl (C=O) groups is 2. The van der Waals surface area contributed by atoms with Crippen LogP contribution in [0.5, 0.6) is 0 Å². The Morgan fingerprint density at radius 1 is 1.38 bits per heavy atom. The molecule has 1 aliphatic rings. The zero-order valence-electron chi connectivity index (χ0n) is 3.93. The van der Waals surface area contributed by atoms with Crippen LogP contribution in [0.25, 0.3) is 0 Å². The average Bonchev–Trinajstić information content (AvgIpc) is 1.77. The lowest BCUT2D eigenvalue weighted by Gasteiger charge is -1.87. The zero-order valence-corrected chi connectivity index (χ0v) is 6.08. The molecule has 0 N–H and O–H groups in total.